The SMILES string of the molecule is CCOCCCCCCNc1ccccc1C. The number of hydrogen-bond acceptors (Lipinski definition) is 2. The van der Waals surface area contributed by atoms with E-state index < -0.39 is 0 Å². The molecule has 0 aliphatic heterocycles. The first-order valence-electron chi connectivity index (χ1n) is 6.72. The third kappa shape index (κ3) is 6.32. The van der Waals surface area contributed by atoms with Gasteiger partial charge < -0.3 is 10.1 Å². The first-order valence-corrected chi connectivity index (χ1v) is 6.72. The summed E-state index contributed by atoms with van der Waals surface area (Å²) >= 11 is 0. The summed E-state index contributed by atoms with van der Waals surface area (Å²) in [5.74, 6) is 0. The van der Waals surface area contributed by atoms with Crippen LogP contribution in [0.5, 0.6) is 0 Å². The Morgan fingerprint density at radius 1 is 1.06 bits per heavy atom. The molecule has 17 heavy (non-hydrogen) atoms. The summed E-state index contributed by atoms with van der Waals surface area (Å²) in [5.41, 5.74) is 2.59. The Labute approximate surface area is 105 Å². The third-order valence-electron chi connectivity index (χ3n) is 2.88. The molecule has 2 heteroatoms. The number of nitrogens with one attached hydrogen (secondary N) is 1. The molecule has 0 heterocycles. The lowest BCUT2D eigenvalue weighted by Crippen LogP contribution is -2.03. The van der Waals surface area contributed by atoms with Crippen LogP contribution in [0.15, 0.2) is 24.3 Å². The van der Waals surface area contributed by atoms with E-state index in [2.05, 4.69) is 36.5 Å². The molecule has 0 radical (unpaired) electrons. The fourth-order valence-electron chi connectivity index (χ4n) is 1.82. The molecule has 0 unspecified atom stereocenters. The monoisotopic (exact) mass is 235 g/mol. The van der Waals surface area contributed by atoms with Gasteiger partial charge in [0, 0.05) is 25.4 Å². The maximum Gasteiger partial charge on any atom is 0.0465 e. The normalized spacial score (nSPS) is 10.5. The second-order valence-electron chi connectivity index (χ2n) is 4.35. The Kier molecular flexibility index (Phi) is 7.48. The number of ether oxygens (including phenoxy) is 1. The number of anilines is 1. The van der Waals surface area contributed by atoms with Crippen LogP contribution in [0, 0.1) is 6.92 Å². The summed E-state index contributed by atoms with van der Waals surface area (Å²) < 4.78 is 5.31. The lowest BCUT2D eigenvalue weighted by molar-refractivity contribution is 0.143. The lowest BCUT2D eigenvalue weighted by atomic mass is 10.1. The molecule has 96 valence electrons. The predicted octanol–water partition coefficient (Wildman–Crippen LogP) is 4.00. The van der Waals surface area contributed by atoms with Crippen LogP contribution in [-0.2, 0) is 4.74 Å². The summed E-state index contributed by atoms with van der Waals surface area (Å²) in [6.45, 7) is 7.02. The van der Waals surface area contributed by atoms with E-state index in [0.717, 1.165) is 19.8 Å². The van der Waals surface area contributed by atoms with Crippen molar-refractivity contribution >= 4 is 5.69 Å². The van der Waals surface area contributed by atoms with Gasteiger partial charge in [0.25, 0.3) is 0 Å². The maximum atomic E-state index is 5.31. The summed E-state index contributed by atoms with van der Waals surface area (Å²) in [5, 5.41) is 3.48. The molecule has 1 rings (SSSR count). The Hall–Kier alpha value is -1.02. The fourth-order valence-corrected chi connectivity index (χ4v) is 1.82. The Morgan fingerprint density at radius 2 is 1.82 bits per heavy atom. The average molecular weight is 235 g/mol. The second-order valence-corrected chi connectivity index (χ2v) is 4.35. The van der Waals surface area contributed by atoms with Crippen molar-refractivity contribution < 1.29 is 4.74 Å². The van der Waals surface area contributed by atoms with Gasteiger partial charge in [0.15, 0.2) is 0 Å². The van der Waals surface area contributed by atoms with Crippen LogP contribution in [-0.4, -0.2) is 19.8 Å². The lowest BCUT2D eigenvalue weighted by Gasteiger charge is -2.08. The highest BCUT2D eigenvalue weighted by Crippen LogP contribution is 2.13. The standard InChI is InChI=1S/C15H25NO/c1-3-17-13-9-5-4-8-12-16-15-11-7-6-10-14(15)2/h6-7,10-11,16H,3-5,8-9,12-13H2,1-2H3. The van der Waals surface area contributed by atoms with E-state index in [1.165, 1.54) is 36.9 Å². The first kappa shape index (κ1) is 14.0. The van der Waals surface area contributed by atoms with E-state index in [1.54, 1.807) is 0 Å². The summed E-state index contributed by atoms with van der Waals surface area (Å²) in [7, 11) is 0. The van der Waals surface area contributed by atoms with Crippen molar-refractivity contribution in [2.45, 2.75) is 39.5 Å². The van der Waals surface area contributed by atoms with Gasteiger partial charge in [-0.2, -0.15) is 0 Å². The topological polar surface area (TPSA) is 21.3 Å². The minimum atomic E-state index is 0.842. The zero-order valence-corrected chi connectivity index (χ0v) is 11.2. The van der Waals surface area contributed by atoms with Gasteiger partial charge in [-0.05, 0) is 38.3 Å². The zero-order chi connectivity index (χ0) is 12.3. The Balaban J connectivity index is 1.99. The zero-order valence-electron chi connectivity index (χ0n) is 11.2. The number of hydrogen-bond donors (Lipinski definition) is 1. The second kappa shape index (κ2) is 9.06. The molecule has 2 nitrogen and oxygen atoms in total. The van der Waals surface area contributed by atoms with Gasteiger partial charge >= 0.3 is 0 Å². The van der Waals surface area contributed by atoms with Crippen molar-refractivity contribution in [2.24, 2.45) is 0 Å². The van der Waals surface area contributed by atoms with Crippen LogP contribution in [0.2, 0.25) is 0 Å². The van der Waals surface area contributed by atoms with E-state index in [-0.39, 0.29) is 0 Å². The minimum Gasteiger partial charge on any atom is -0.385 e. The molecular formula is C15H25NO. The summed E-state index contributed by atoms with van der Waals surface area (Å²) in [6.07, 6.45) is 4.99. The predicted molar refractivity (Wildman–Crippen MR) is 74.6 cm³/mol. The van der Waals surface area contributed by atoms with Gasteiger partial charge in [0.1, 0.15) is 0 Å². The molecule has 0 aliphatic rings. The highest BCUT2D eigenvalue weighted by molar-refractivity contribution is 5.49. The van der Waals surface area contributed by atoms with Gasteiger partial charge in [-0.3, -0.25) is 0 Å². The average Bonchev–Trinajstić information content (AvgIpc) is 2.35. The number of para-hydroxylation sites is 1. The van der Waals surface area contributed by atoms with Crippen molar-refractivity contribution in [1.82, 2.24) is 0 Å². The molecule has 1 N–H and O–H groups in total. The minimum absolute atomic E-state index is 0.842. The van der Waals surface area contributed by atoms with Crippen molar-refractivity contribution in [3.63, 3.8) is 0 Å². The van der Waals surface area contributed by atoms with Crippen LogP contribution in [0.25, 0.3) is 0 Å². The molecule has 1 aromatic rings. The van der Waals surface area contributed by atoms with Gasteiger partial charge in [0.05, 0.1) is 0 Å². The van der Waals surface area contributed by atoms with Crippen LogP contribution < -0.4 is 5.32 Å². The summed E-state index contributed by atoms with van der Waals surface area (Å²) in [4.78, 5) is 0. The highest BCUT2D eigenvalue weighted by Gasteiger charge is 1.95. The Morgan fingerprint density at radius 3 is 2.59 bits per heavy atom. The van der Waals surface area contributed by atoms with Crippen LogP contribution in [0.1, 0.15) is 38.2 Å². The van der Waals surface area contributed by atoms with Gasteiger partial charge in [-0.1, -0.05) is 31.0 Å². The van der Waals surface area contributed by atoms with E-state index >= 15 is 0 Å². The molecule has 0 aromatic heterocycles. The molecule has 0 spiro atoms. The molecule has 0 atom stereocenters. The van der Waals surface area contributed by atoms with Crippen molar-refractivity contribution in [3.8, 4) is 0 Å². The van der Waals surface area contributed by atoms with E-state index in [9.17, 15) is 0 Å². The molecule has 0 amide bonds. The number of benzene rings is 1. The quantitative estimate of drug-likeness (QED) is 0.653. The van der Waals surface area contributed by atoms with Crippen LogP contribution in [0.3, 0.4) is 0 Å². The molecular weight excluding hydrogens is 210 g/mol. The Bertz CT molecular complexity index is 299. The van der Waals surface area contributed by atoms with Crippen molar-refractivity contribution in [1.29, 1.82) is 0 Å². The number of unbranched alkanes of at least 4 members (excludes halogenated alkanes) is 3. The van der Waals surface area contributed by atoms with Crippen molar-refractivity contribution in [3.05, 3.63) is 29.8 Å². The molecule has 0 saturated carbocycles. The van der Waals surface area contributed by atoms with Crippen molar-refractivity contribution in [2.75, 3.05) is 25.1 Å². The van der Waals surface area contributed by atoms with E-state index in [1.807, 2.05) is 6.92 Å². The largest absolute Gasteiger partial charge is 0.385 e. The van der Waals surface area contributed by atoms with Crippen LogP contribution >= 0.6 is 0 Å². The highest BCUT2D eigenvalue weighted by atomic mass is 16.5. The van der Waals surface area contributed by atoms with Gasteiger partial charge in [-0.15, -0.1) is 0 Å². The van der Waals surface area contributed by atoms with E-state index in [4.69, 9.17) is 4.74 Å². The molecule has 0 saturated heterocycles. The molecule has 0 bridgehead atoms. The van der Waals surface area contributed by atoms with Gasteiger partial charge in [-0.25, -0.2) is 0 Å². The first-order chi connectivity index (χ1) is 8.34. The maximum absolute atomic E-state index is 5.31. The van der Waals surface area contributed by atoms with E-state index in [0.29, 0.717) is 0 Å². The number of aryl methyl sites for hydroxylation is 1. The summed E-state index contributed by atoms with van der Waals surface area (Å²) in [6, 6.07) is 8.44. The number of rotatable bonds is 9. The molecule has 1 aromatic carbocycles. The molecule has 0 aliphatic carbocycles. The molecule has 0 fully saturated rings. The van der Waals surface area contributed by atoms with Crippen LogP contribution in [0.4, 0.5) is 5.69 Å². The van der Waals surface area contributed by atoms with Gasteiger partial charge in [0.2, 0.25) is 0 Å². The third-order valence-corrected chi connectivity index (χ3v) is 2.88. The smallest absolute Gasteiger partial charge is 0.0465 e. The fraction of sp³-hybridized carbons (Fsp3) is 0.600.